The maximum absolute atomic E-state index is 8.56. The predicted molar refractivity (Wildman–Crippen MR) is 76.5 cm³/mol. The highest BCUT2D eigenvalue weighted by Gasteiger charge is 1.97. The van der Waals surface area contributed by atoms with E-state index in [-0.39, 0.29) is 0 Å². The summed E-state index contributed by atoms with van der Waals surface area (Å²) < 4.78 is 0. The first kappa shape index (κ1) is 13.3. The van der Waals surface area contributed by atoms with Gasteiger partial charge in [0, 0.05) is 4.91 Å². The molecular weight excluding hydrogens is 230 g/mol. The van der Waals surface area contributed by atoms with E-state index in [1.54, 1.807) is 6.08 Å². The quantitative estimate of drug-likeness (QED) is 0.368. The van der Waals surface area contributed by atoms with Crippen LogP contribution in [0.15, 0.2) is 64.7 Å². The van der Waals surface area contributed by atoms with Gasteiger partial charge in [-0.3, -0.25) is 0 Å². The summed E-state index contributed by atoms with van der Waals surface area (Å²) in [6.45, 7) is 3.76. The lowest BCUT2D eigenvalue weighted by Crippen LogP contribution is -1.84. The standard InChI is InChI=1S/C14H15NOS/c1-3-13(14(17-2)11-15-16)10-9-12-7-5-4-6-8-12/h3-11,16H,1H2,2H3/b10-9+,14-13+,15-11+. The van der Waals surface area contributed by atoms with E-state index < -0.39 is 0 Å². The van der Waals surface area contributed by atoms with Crippen LogP contribution in [0, 0.1) is 0 Å². The summed E-state index contributed by atoms with van der Waals surface area (Å²) in [6.07, 6.45) is 9.04. The van der Waals surface area contributed by atoms with E-state index in [1.165, 1.54) is 18.0 Å². The summed E-state index contributed by atoms with van der Waals surface area (Å²) in [5.74, 6) is 0. The number of nitrogens with zero attached hydrogens (tertiary/aromatic N) is 1. The van der Waals surface area contributed by atoms with Gasteiger partial charge in [0.05, 0.1) is 6.21 Å². The number of hydrogen-bond acceptors (Lipinski definition) is 3. The van der Waals surface area contributed by atoms with E-state index >= 15 is 0 Å². The normalized spacial score (nSPS) is 13.0. The van der Waals surface area contributed by atoms with Crippen LogP contribution < -0.4 is 0 Å². The fraction of sp³-hybridized carbons (Fsp3) is 0.0714. The van der Waals surface area contributed by atoms with E-state index in [9.17, 15) is 0 Å². The van der Waals surface area contributed by atoms with Crippen molar-refractivity contribution in [1.82, 2.24) is 0 Å². The van der Waals surface area contributed by atoms with Crippen LogP contribution in [-0.4, -0.2) is 17.7 Å². The molecule has 17 heavy (non-hydrogen) atoms. The molecule has 0 saturated carbocycles. The third-order valence-electron chi connectivity index (χ3n) is 2.15. The number of allylic oxidation sites excluding steroid dienone is 4. The molecule has 0 aliphatic carbocycles. The Morgan fingerprint density at radius 1 is 1.35 bits per heavy atom. The lowest BCUT2D eigenvalue weighted by molar-refractivity contribution is 0.322. The number of hydrogen-bond donors (Lipinski definition) is 1. The van der Waals surface area contributed by atoms with Gasteiger partial charge >= 0.3 is 0 Å². The van der Waals surface area contributed by atoms with Gasteiger partial charge in [-0.2, -0.15) is 0 Å². The van der Waals surface area contributed by atoms with E-state index in [0.717, 1.165) is 16.0 Å². The van der Waals surface area contributed by atoms with Crippen molar-refractivity contribution in [2.75, 3.05) is 6.26 Å². The number of rotatable bonds is 5. The predicted octanol–water partition coefficient (Wildman–Crippen LogP) is 3.96. The largest absolute Gasteiger partial charge is 0.411 e. The average molecular weight is 245 g/mol. The third kappa shape index (κ3) is 4.33. The zero-order valence-electron chi connectivity index (χ0n) is 9.71. The second kappa shape index (κ2) is 7.52. The van der Waals surface area contributed by atoms with Crippen molar-refractivity contribution in [3.63, 3.8) is 0 Å². The summed E-state index contributed by atoms with van der Waals surface area (Å²) in [5.41, 5.74) is 2.05. The Balaban J connectivity index is 2.97. The molecule has 0 unspecified atom stereocenters. The fourth-order valence-corrected chi connectivity index (χ4v) is 1.84. The van der Waals surface area contributed by atoms with Crippen LogP contribution in [0.5, 0.6) is 0 Å². The Hall–Kier alpha value is -1.74. The van der Waals surface area contributed by atoms with Crippen molar-refractivity contribution in [2.45, 2.75) is 0 Å². The van der Waals surface area contributed by atoms with Gasteiger partial charge in [-0.25, -0.2) is 0 Å². The number of oxime groups is 1. The molecule has 88 valence electrons. The first-order valence-corrected chi connectivity index (χ1v) is 6.35. The summed E-state index contributed by atoms with van der Waals surface area (Å²) in [6, 6.07) is 10.0. The molecule has 0 spiro atoms. The molecule has 0 aliphatic heterocycles. The molecule has 0 radical (unpaired) electrons. The van der Waals surface area contributed by atoms with Gasteiger partial charge in [0.1, 0.15) is 0 Å². The van der Waals surface area contributed by atoms with Gasteiger partial charge in [-0.05, 0) is 17.4 Å². The molecule has 1 rings (SSSR count). The lowest BCUT2D eigenvalue weighted by atomic mass is 10.1. The summed E-state index contributed by atoms with van der Waals surface area (Å²) in [4.78, 5) is 0.870. The Labute approximate surface area is 106 Å². The van der Waals surface area contributed by atoms with Crippen molar-refractivity contribution in [1.29, 1.82) is 0 Å². The molecule has 0 heterocycles. The second-order valence-corrected chi connectivity index (χ2v) is 4.06. The molecule has 0 saturated heterocycles. The molecule has 1 aromatic rings. The van der Waals surface area contributed by atoms with Crippen LogP contribution >= 0.6 is 11.8 Å². The SMILES string of the molecule is C=CC(/C=C/c1ccccc1)=C(/C=N/O)SC. The number of thioether (sulfide) groups is 1. The molecule has 1 aromatic carbocycles. The summed E-state index contributed by atoms with van der Waals surface area (Å²) in [5, 5.41) is 11.6. The minimum absolute atomic E-state index is 0.870. The fourth-order valence-electron chi connectivity index (χ4n) is 1.30. The molecule has 0 bridgehead atoms. The van der Waals surface area contributed by atoms with E-state index in [1.807, 2.05) is 48.7 Å². The molecule has 1 N–H and O–H groups in total. The van der Waals surface area contributed by atoms with Crippen LogP contribution in [-0.2, 0) is 0 Å². The van der Waals surface area contributed by atoms with Crippen LogP contribution in [0.25, 0.3) is 6.08 Å². The molecule has 2 nitrogen and oxygen atoms in total. The van der Waals surface area contributed by atoms with Gasteiger partial charge < -0.3 is 5.21 Å². The maximum Gasteiger partial charge on any atom is 0.0803 e. The Kier molecular flexibility index (Phi) is 5.89. The average Bonchev–Trinajstić information content (AvgIpc) is 2.39. The molecule has 0 aliphatic rings. The summed E-state index contributed by atoms with van der Waals surface area (Å²) >= 11 is 1.51. The van der Waals surface area contributed by atoms with Crippen LogP contribution in [0.2, 0.25) is 0 Å². The Morgan fingerprint density at radius 3 is 2.59 bits per heavy atom. The van der Waals surface area contributed by atoms with Crippen molar-refractivity contribution in [3.05, 3.63) is 65.1 Å². The molecule has 0 atom stereocenters. The van der Waals surface area contributed by atoms with Crippen LogP contribution in [0.1, 0.15) is 5.56 Å². The minimum atomic E-state index is 0.870. The van der Waals surface area contributed by atoms with Gasteiger partial charge in [0.15, 0.2) is 0 Å². The summed E-state index contributed by atoms with van der Waals surface area (Å²) in [7, 11) is 0. The third-order valence-corrected chi connectivity index (χ3v) is 2.94. The van der Waals surface area contributed by atoms with E-state index in [0.29, 0.717) is 0 Å². The lowest BCUT2D eigenvalue weighted by Gasteiger charge is -2.00. The van der Waals surface area contributed by atoms with E-state index in [2.05, 4.69) is 11.7 Å². The van der Waals surface area contributed by atoms with E-state index in [4.69, 9.17) is 5.21 Å². The molecule has 0 amide bonds. The Morgan fingerprint density at radius 2 is 2.06 bits per heavy atom. The van der Waals surface area contributed by atoms with Gasteiger partial charge in [-0.15, -0.1) is 11.8 Å². The molecule has 3 heteroatoms. The second-order valence-electron chi connectivity index (χ2n) is 3.22. The van der Waals surface area contributed by atoms with Crippen molar-refractivity contribution < 1.29 is 5.21 Å². The first-order chi connectivity index (χ1) is 8.31. The zero-order valence-corrected chi connectivity index (χ0v) is 10.5. The highest BCUT2D eigenvalue weighted by Crippen LogP contribution is 2.18. The van der Waals surface area contributed by atoms with Crippen molar-refractivity contribution >= 4 is 24.1 Å². The van der Waals surface area contributed by atoms with Crippen LogP contribution in [0.3, 0.4) is 0 Å². The molecule has 0 fully saturated rings. The molecular formula is C14H15NOS. The van der Waals surface area contributed by atoms with Crippen molar-refractivity contribution in [3.8, 4) is 0 Å². The minimum Gasteiger partial charge on any atom is -0.411 e. The number of benzene rings is 1. The topological polar surface area (TPSA) is 32.6 Å². The van der Waals surface area contributed by atoms with Gasteiger partial charge in [0.2, 0.25) is 0 Å². The monoisotopic (exact) mass is 245 g/mol. The first-order valence-electron chi connectivity index (χ1n) is 5.13. The highest BCUT2D eigenvalue weighted by atomic mass is 32.2. The Bertz CT molecular complexity index is 447. The van der Waals surface area contributed by atoms with Crippen molar-refractivity contribution in [2.24, 2.45) is 5.16 Å². The highest BCUT2D eigenvalue weighted by molar-refractivity contribution is 8.03. The maximum atomic E-state index is 8.56. The van der Waals surface area contributed by atoms with Gasteiger partial charge in [0.25, 0.3) is 0 Å². The van der Waals surface area contributed by atoms with Crippen LogP contribution in [0.4, 0.5) is 0 Å². The van der Waals surface area contributed by atoms with Gasteiger partial charge in [-0.1, -0.05) is 60.3 Å². The molecule has 0 aromatic heterocycles. The smallest absolute Gasteiger partial charge is 0.0803 e. The zero-order chi connectivity index (χ0) is 12.5.